The molecule has 2 aromatic rings. The van der Waals surface area contributed by atoms with Crippen LogP contribution in [0.25, 0.3) is 0 Å². The molecule has 5 amide bonds. The van der Waals surface area contributed by atoms with E-state index in [0.717, 1.165) is 0 Å². The zero-order valence-electron chi connectivity index (χ0n) is 25.6. The Hall–Kier alpha value is -4.66. The number of rotatable bonds is 16. The van der Waals surface area contributed by atoms with Crippen molar-refractivity contribution < 1.29 is 42.2 Å². The average molecular weight is 648 g/mol. The highest BCUT2D eigenvalue weighted by atomic mass is 32.2. The summed E-state index contributed by atoms with van der Waals surface area (Å²) in [4.78, 5) is 59.0. The van der Waals surface area contributed by atoms with Crippen LogP contribution in [0.4, 0.5) is 15.3 Å². The lowest BCUT2D eigenvalue weighted by Gasteiger charge is -2.19. The van der Waals surface area contributed by atoms with Gasteiger partial charge in [0, 0.05) is 31.6 Å². The molecule has 14 nitrogen and oxygen atoms in total. The number of anilines is 1. The third kappa shape index (κ3) is 15.1. The first-order valence-corrected chi connectivity index (χ1v) is 15.9. The number of hydrogen-bond acceptors (Lipinski definition) is 8. The summed E-state index contributed by atoms with van der Waals surface area (Å²) < 4.78 is 32.7. The number of benzene rings is 2. The summed E-state index contributed by atoms with van der Waals surface area (Å²) in [7, 11) is -4.14. The normalized spacial score (nSPS) is 11.2. The molecule has 0 aliphatic heterocycles. The van der Waals surface area contributed by atoms with Crippen molar-refractivity contribution in [3.63, 3.8) is 0 Å². The molecular weight excluding hydrogens is 606 g/mol. The molecule has 15 heteroatoms. The molecule has 0 unspecified atom stereocenters. The number of nitrogens with one attached hydrogen (secondary N) is 5. The summed E-state index contributed by atoms with van der Waals surface area (Å²) in [5, 5.41) is 18.6. The molecule has 0 spiro atoms. The SMILES string of the molecule is CC(C)(C)OC(=O)NCc1ccc(S(=O)(=O)NC(=O)CCc2ccccc2NC(=O)CNC(=O)CCCCCNC(=O)O)cc1. The van der Waals surface area contributed by atoms with E-state index in [-0.39, 0.29) is 43.2 Å². The van der Waals surface area contributed by atoms with Crippen molar-refractivity contribution in [3.8, 4) is 0 Å². The summed E-state index contributed by atoms with van der Waals surface area (Å²) in [5.74, 6) is -1.52. The van der Waals surface area contributed by atoms with E-state index in [0.29, 0.717) is 42.6 Å². The van der Waals surface area contributed by atoms with Gasteiger partial charge in [0.15, 0.2) is 0 Å². The van der Waals surface area contributed by atoms with Gasteiger partial charge >= 0.3 is 12.2 Å². The number of ether oxygens (including phenoxy) is 1. The van der Waals surface area contributed by atoms with Crippen LogP contribution in [-0.2, 0) is 42.1 Å². The lowest BCUT2D eigenvalue weighted by atomic mass is 10.1. The smallest absolute Gasteiger partial charge is 0.407 e. The minimum atomic E-state index is -4.14. The molecule has 0 saturated heterocycles. The highest BCUT2D eigenvalue weighted by Crippen LogP contribution is 2.17. The summed E-state index contributed by atoms with van der Waals surface area (Å²) in [5.41, 5.74) is 1.00. The predicted molar refractivity (Wildman–Crippen MR) is 166 cm³/mol. The Balaban J connectivity index is 1.80. The number of carbonyl (C=O) groups is 5. The molecule has 0 atom stereocenters. The molecule has 6 N–H and O–H groups in total. The van der Waals surface area contributed by atoms with Crippen molar-refractivity contribution in [2.75, 3.05) is 18.4 Å². The van der Waals surface area contributed by atoms with Crippen LogP contribution in [0.5, 0.6) is 0 Å². The van der Waals surface area contributed by atoms with Gasteiger partial charge in [-0.05, 0) is 69.4 Å². The second kappa shape index (κ2) is 17.6. The summed E-state index contributed by atoms with van der Waals surface area (Å²) in [6.45, 7) is 5.38. The van der Waals surface area contributed by atoms with E-state index in [2.05, 4.69) is 21.3 Å². The molecule has 0 aliphatic carbocycles. The van der Waals surface area contributed by atoms with Gasteiger partial charge in [-0.15, -0.1) is 0 Å². The molecule has 246 valence electrons. The van der Waals surface area contributed by atoms with Crippen LogP contribution in [-0.4, -0.2) is 62.1 Å². The largest absolute Gasteiger partial charge is 0.465 e. The van der Waals surface area contributed by atoms with E-state index in [4.69, 9.17) is 9.84 Å². The monoisotopic (exact) mass is 647 g/mol. The molecule has 0 heterocycles. The first-order chi connectivity index (χ1) is 21.1. The molecule has 0 radical (unpaired) electrons. The Morgan fingerprint density at radius 1 is 0.800 bits per heavy atom. The van der Waals surface area contributed by atoms with Gasteiger partial charge in [0.1, 0.15) is 5.60 Å². The fourth-order valence-electron chi connectivity index (χ4n) is 3.89. The molecule has 2 aromatic carbocycles. The van der Waals surface area contributed by atoms with E-state index in [1.807, 2.05) is 4.72 Å². The molecule has 0 fully saturated rings. The van der Waals surface area contributed by atoms with Crippen LogP contribution in [0.2, 0.25) is 0 Å². The number of para-hydroxylation sites is 1. The Kier molecular flexibility index (Phi) is 14.3. The van der Waals surface area contributed by atoms with Crippen molar-refractivity contribution >= 4 is 45.6 Å². The molecule has 0 bridgehead atoms. The second-order valence-electron chi connectivity index (χ2n) is 11.1. The molecule has 0 aliphatic rings. The van der Waals surface area contributed by atoms with Gasteiger partial charge in [-0.3, -0.25) is 14.4 Å². The van der Waals surface area contributed by atoms with E-state index < -0.39 is 39.6 Å². The molecule has 45 heavy (non-hydrogen) atoms. The minimum Gasteiger partial charge on any atom is -0.465 e. The van der Waals surface area contributed by atoms with Crippen LogP contribution < -0.4 is 26.0 Å². The second-order valence-corrected chi connectivity index (χ2v) is 12.7. The maximum Gasteiger partial charge on any atom is 0.407 e. The van der Waals surface area contributed by atoms with Crippen molar-refractivity contribution in [2.45, 2.75) is 76.3 Å². The molecule has 0 aromatic heterocycles. The maximum atomic E-state index is 12.7. The number of carbonyl (C=O) groups excluding carboxylic acids is 4. The number of amides is 5. The third-order valence-electron chi connectivity index (χ3n) is 6.03. The quantitative estimate of drug-likeness (QED) is 0.148. The van der Waals surface area contributed by atoms with Crippen LogP contribution >= 0.6 is 0 Å². The lowest BCUT2D eigenvalue weighted by Crippen LogP contribution is -2.33. The van der Waals surface area contributed by atoms with Gasteiger partial charge in [-0.25, -0.2) is 22.7 Å². The molecular formula is C30H41N5O9S. The van der Waals surface area contributed by atoms with Crippen molar-refractivity contribution in [1.82, 2.24) is 20.7 Å². The molecule has 0 saturated carbocycles. The van der Waals surface area contributed by atoms with Gasteiger partial charge in [0.2, 0.25) is 17.7 Å². The van der Waals surface area contributed by atoms with E-state index in [1.165, 1.54) is 24.3 Å². The van der Waals surface area contributed by atoms with Crippen molar-refractivity contribution in [3.05, 3.63) is 59.7 Å². The third-order valence-corrected chi connectivity index (χ3v) is 7.42. The van der Waals surface area contributed by atoms with Gasteiger partial charge < -0.3 is 31.1 Å². The predicted octanol–water partition coefficient (Wildman–Crippen LogP) is 3.03. The fraction of sp³-hybridized carbons (Fsp3) is 0.433. The minimum absolute atomic E-state index is 0.123. The van der Waals surface area contributed by atoms with Gasteiger partial charge in [0.25, 0.3) is 10.0 Å². The Bertz CT molecular complexity index is 1440. The Morgan fingerprint density at radius 2 is 1.49 bits per heavy atom. The average Bonchev–Trinajstić information content (AvgIpc) is 2.95. The molecule has 2 rings (SSSR count). The van der Waals surface area contributed by atoms with Gasteiger partial charge in [0.05, 0.1) is 11.4 Å². The topological polar surface area (TPSA) is 209 Å². The van der Waals surface area contributed by atoms with Crippen LogP contribution in [0, 0.1) is 0 Å². The maximum absolute atomic E-state index is 12.7. The summed E-state index contributed by atoms with van der Waals surface area (Å²) in [6, 6.07) is 12.4. The number of carboxylic acid groups (broad SMARTS) is 1. The highest BCUT2D eigenvalue weighted by Gasteiger charge is 2.19. The Morgan fingerprint density at radius 3 is 2.16 bits per heavy atom. The zero-order chi connectivity index (χ0) is 33.5. The highest BCUT2D eigenvalue weighted by molar-refractivity contribution is 7.90. The van der Waals surface area contributed by atoms with E-state index >= 15 is 0 Å². The van der Waals surface area contributed by atoms with Gasteiger partial charge in [-0.2, -0.15) is 0 Å². The van der Waals surface area contributed by atoms with E-state index in [9.17, 15) is 32.4 Å². The fourth-order valence-corrected chi connectivity index (χ4v) is 4.90. The number of aryl methyl sites for hydroxylation is 1. The van der Waals surface area contributed by atoms with Crippen molar-refractivity contribution in [2.24, 2.45) is 0 Å². The Labute approximate surface area is 262 Å². The summed E-state index contributed by atoms with van der Waals surface area (Å²) in [6.07, 6.45) is 0.265. The number of alkyl carbamates (subject to hydrolysis) is 1. The van der Waals surface area contributed by atoms with E-state index in [1.54, 1.807) is 45.0 Å². The lowest BCUT2D eigenvalue weighted by molar-refractivity contribution is -0.124. The standard InChI is InChI=1S/C30H41N5O9S/c1-30(2,3)44-29(41)33-19-21-12-15-23(16-13-21)45(42,43)35-26(37)17-14-22-9-6-7-10-24(22)34-27(38)20-32-25(36)11-5-4-8-18-31-28(39)40/h6-7,9-10,12-13,15-16,31H,4-5,8,11,14,17-20H2,1-3H3,(H,32,36)(H,33,41)(H,34,38)(H,35,37)(H,39,40). The summed E-state index contributed by atoms with van der Waals surface area (Å²) >= 11 is 0. The van der Waals surface area contributed by atoms with Gasteiger partial charge in [-0.1, -0.05) is 36.8 Å². The van der Waals surface area contributed by atoms with Crippen molar-refractivity contribution in [1.29, 1.82) is 0 Å². The van der Waals surface area contributed by atoms with Crippen LogP contribution in [0.1, 0.15) is 64.0 Å². The number of sulfonamides is 1. The zero-order valence-corrected chi connectivity index (χ0v) is 26.4. The first kappa shape index (κ1) is 36.5. The first-order valence-electron chi connectivity index (χ1n) is 14.4. The van der Waals surface area contributed by atoms with Crippen LogP contribution in [0.15, 0.2) is 53.4 Å². The van der Waals surface area contributed by atoms with Crippen LogP contribution in [0.3, 0.4) is 0 Å². The number of hydrogen-bond donors (Lipinski definition) is 6. The number of unbranched alkanes of at least 4 members (excludes halogenated alkanes) is 2.